The number of nitrogens with zero attached hydrogens (tertiary/aromatic N) is 1. The van der Waals surface area contributed by atoms with E-state index in [1.54, 1.807) is 13.8 Å². The number of hydrogen-bond acceptors (Lipinski definition) is 3. The van der Waals surface area contributed by atoms with Crippen LogP contribution in [0.2, 0.25) is 0 Å². The molecule has 1 fully saturated rings. The van der Waals surface area contributed by atoms with Crippen LogP contribution in [0.4, 0.5) is 0 Å². The van der Waals surface area contributed by atoms with Crippen molar-refractivity contribution in [1.29, 1.82) is 5.26 Å². The molecule has 0 saturated carbocycles. The smallest absolute Gasteiger partial charge is 0.239 e. The van der Waals surface area contributed by atoms with Crippen molar-refractivity contribution in [2.75, 3.05) is 13.2 Å². The molecule has 1 N–H and O–H groups in total. The first-order valence-electron chi connectivity index (χ1n) is 5.37. The normalized spacial score (nSPS) is 21.0. The molecule has 0 spiro atoms. The van der Waals surface area contributed by atoms with Crippen LogP contribution in [0.5, 0.6) is 0 Å². The highest BCUT2D eigenvalue weighted by Gasteiger charge is 2.27. The summed E-state index contributed by atoms with van der Waals surface area (Å²) in [5.41, 5.74) is -0.934. The fourth-order valence-electron chi connectivity index (χ4n) is 1.49. The van der Waals surface area contributed by atoms with Crippen LogP contribution >= 0.6 is 0 Å². The maximum Gasteiger partial charge on any atom is 0.239 e. The largest absolute Gasteiger partial charge is 0.378 e. The summed E-state index contributed by atoms with van der Waals surface area (Å²) in [7, 11) is 0. The molecule has 0 bridgehead atoms. The van der Waals surface area contributed by atoms with E-state index in [0.29, 0.717) is 6.54 Å². The Hall–Kier alpha value is -1.08. The summed E-state index contributed by atoms with van der Waals surface area (Å²) in [5.74, 6) is -0.206. The summed E-state index contributed by atoms with van der Waals surface area (Å²) in [6, 6.07) is 1.98. The first-order valence-corrected chi connectivity index (χ1v) is 5.37. The number of ether oxygens (including phenoxy) is 1. The molecule has 1 heterocycles. The van der Waals surface area contributed by atoms with E-state index in [9.17, 15) is 4.79 Å². The number of carbonyl (C=O) groups is 1. The minimum Gasteiger partial charge on any atom is -0.378 e. The van der Waals surface area contributed by atoms with Crippen molar-refractivity contribution in [2.24, 2.45) is 5.41 Å². The van der Waals surface area contributed by atoms with Gasteiger partial charge in [0.15, 0.2) is 0 Å². The lowest BCUT2D eigenvalue weighted by atomic mass is 9.95. The topological polar surface area (TPSA) is 62.1 Å². The van der Waals surface area contributed by atoms with Gasteiger partial charge in [-0.1, -0.05) is 0 Å². The molecule has 15 heavy (non-hydrogen) atoms. The number of hydrogen-bond donors (Lipinski definition) is 1. The van der Waals surface area contributed by atoms with Crippen molar-refractivity contribution >= 4 is 5.91 Å². The summed E-state index contributed by atoms with van der Waals surface area (Å²) < 4.78 is 5.43. The molecule has 1 unspecified atom stereocenters. The molecule has 1 aliphatic heterocycles. The average molecular weight is 210 g/mol. The molecule has 84 valence electrons. The van der Waals surface area contributed by atoms with E-state index in [2.05, 4.69) is 5.32 Å². The quantitative estimate of drug-likeness (QED) is 0.759. The Kier molecular flexibility index (Phi) is 4.10. The zero-order valence-corrected chi connectivity index (χ0v) is 9.38. The standard InChI is InChI=1S/C11H18N2O2/c1-11(2,8-12)10(14)13-6-5-9-4-3-7-15-9/h9H,3-7H2,1-2H3,(H,13,14). The maximum atomic E-state index is 11.5. The third kappa shape index (κ3) is 3.52. The van der Waals surface area contributed by atoms with Crippen LogP contribution in [-0.2, 0) is 9.53 Å². The van der Waals surface area contributed by atoms with Gasteiger partial charge in [-0.25, -0.2) is 0 Å². The number of nitrogens with one attached hydrogen (secondary N) is 1. The first-order chi connectivity index (χ1) is 7.06. The highest BCUT2D eigenvalue weighted by atomic mass is 16.5. The molecule has 4 heteroatoms. The minimum atomic E-state index is -0.934. The molecule has 0 aromatic heterocycles. The zero-order valence-electron chi connectivity index (χ0n) is 9.38. The Morgan fingerprint density at radius 1 is 1.67 bits per heavy atom. The van der Waals surface area contributed by atoms with Crippen LogP contribution in [0.1, 0.15) is 33.1 Å². The van der Waals surface area contributed by atoms with Crippen molar-refractivity contribution in [1.82, 2.24) is 5.32 Å². The lowest BCUT2D eigenvalue weighted by Crippen LogP contribution is -2.37. The van der Waals surface area contributed by atoms with Gasteiger partial charge in [0, 0.05) is 13.2 Å². The third-order valence-corrected chi connectivity index (χ3v) is 2.62. The second-order valence-corrected chi connectivity index (χ2v) is 4.42. The van der Waals surface area contributed by atoms with E-state index < -0.39 is 5.41 Å². The van der Waals surface area contributed by atoms with E-state index in [0.717, 1.165) is 25.9 Å². The lowest BCUT2D eigenvalue weighted by molar-refractivity contribution is -0.126. The SMILES string of the molecule is CC(C)(C#N)C(=O)NCCC1CCCO1. The van der Waals surface area contributed by atoms with Gasteiger partial charge < -0.3 is 10.1 Å². The maximum absolute atomic E-state index is 11.5. The molecule has 1 saturated heterocycles. The Morgan fingerprint density at radius 2 is 2.40 bits per heavy atom. The van der Waals surface area contributed by atoms with E-state index in [1.807, 2.05) is 6.07 Å². The predicted molar refractivity (Wildman–Crippen MR) is 56.0 cm³/mol. The van der Waals surface area contributed by atoms with Crippen molar-refractivity contribution in [3.05, 3.63) is 0 Å². The van der Waals surface area contributed by atoms with Crippen LogP contribution in [0.3, 0.4) is 0 Å². The molecular weight excluding hydrogens is 192 g/mol. The van der Waals surface area contributed by atoms with Gasteiger partial charge in [0.05, 0.1) is 12.2 Å². The van der Waals surface area contributed by atoms with Crippen LogP contribution in [-0.4, -0.2) is 25.2 Å². The van der Waals surface area contributed by atoms with Crippen molar-refractivity contribution in [3.63, 3.8) is 0 Å². The van der Waals surface area contributed by atoms with E-state index in [4.69, 9.17) is 10.00 Å². The summed E-state index contributed by atoms with van der Waals surface area (Å²) in [4.78, 5) is 11.5. The third-order valence-electron chi connectivity index (χ3n) is 2.62. The fraction of sp³-hybridized carbons (Fsp3) is 0.818. The second-order valence-electron chi connectivity index (χ2n) is 4.42. The van der Waals surface area contributed by atoms with Gasteiger partial charge in [0.25, 0.3) is 0 Å². The Morgan fingerprint density at radius 3 is 2.93 bits per heavy atom. The van der Waals surface area contributed by atoms with Gasteiger partial charge in [-0.15, -0.1) is 0 Å². The van der Waals surface area contributed by atoms with Crippen molar-refractivity contribution in [3.8, 4) is 6.07 Å². The van der Waals surface area contributed by atoms with Gasteiger partial charge in [0.2, 0.25) is 5.91 Å². The van der Waals surface area contributed by atoms with Crippen LogP contribution in [0.25, 0.3) is 0 Å². The molecule has 1 aliphatic rings. The number of rotatable bonds is 4. The van der Waals surface area contributed by atoms with Gasteiger partial charge in [-0.2, -0.15) is 5.26 Å². The van der Waals surface area contributed by atoms with E-state index >= 15 is 0 Å². The molecule has 0 aliphatic carbocycles. The Bertz CT molecular complexity index is 262. The lowest BCUT2D eigenvalue weighted by Gasteiger charge is -2.16. The summed E-state index contributed by atoms with van der Waals surface area (Å²) in [5, 5.41) is 11.5. The van der Waals surface area contributed by atoms with E-state index in [1.165, 1.54) is 0 Å². The van der Waals surface area contributed by atoms with Crippen molar-refractivity contribution in [2.45, 2.75) is 39.2 Å². The van der Waals surface area contributed by atoms with E-state index in [-0.39, 0.29) is 12.0 Å². The molecule has 1 amide bonds. The van der Waals surface area contributed by atoms with Crippen molar-refractivity contribution < 1.29 is 9.53 Å². The second kappa shape index (κ2) is 5.13. The monoisotopic (exact) mass is 210 g/mol. The fourth-order valence-corrected chi connectivity index (χ4v) is 1.49. The number of amides is 1. The highest BCUT2D eigenvalue weighted by molar-refractivity contribution is 5.84. The van der Waals surface area contributed by atoms with Crippen LogP contribution in [0.15, 0.2) is 0 Å². The number of carbonyl (C=O) groups excluding carboxylic acids is 1. The average Bonchev–Trinajstić information content (AvgIpc) is 2.70. The minimum absolute atomic E-state index is 0.206. The molecule has 0 radical (unpaired) electrons. The van der Waals surface area contributed by atoms with Gasteiger partial charge in [0.1, 0.15) is 5.41 Å². The first kappa shape index (κ1) is 12.0. The van der Waals surface area contributed by atoms with Gasteiger partial charge >= 0.3 is 0 Å². The summed E-state index contributed by atoms with van der Waals surface area (Å²) in [6.45, 7) is 4.67. The van der Waals surface area contributed by atoms with Crippen LogP contribution < -0.4 is 5.32 Å². The molecule has 0 aromatic rings. The van der Waals surface area contributed by atoms with Gasteiger partial charge in [-0.3, -0.25) is 4.79 Å². The number of nitriles is 1. The van der Waals surface area contributed by atoms with Crippen LogP contribution in [0, 0.1) is 16.7 Å². The summed E-state index contributed by atoms with van der Waals surface area (Å²) in [6.07, 6.45) is 3.32. The molecular formula is C11H18N2O2. The van der Waals surface area contributed by atoms with Gasteiger partial charge in [-0.05, 0) is 33.1 Å². The molecule has 0 aromatic carbocycles. The highest BCUT2D eigenvalue weighted by Crippen LogP contribution is 2.15. The zero-order chi connectivity index (χ0) is 11.3. The predicted octanol–water partition coefficient (Wildman–Crippen LogP) is 1.22. The molecule has 1 atom stereocenters. The Labute approximate surface area is 90.6 Å². The summed E-state index contributed by atoms with van der Waals surface area (Å²) >= 11 is 0. The molecule has 1 rings (SSSR count). The molecule has 4 nitrogen and oxygen atoms in total. The Balaban J connectivity index is 2.20.